The van der Waals surface area contributed by atoms with E-state index in [1.54, 1.807) is 0 Å². The molecule has 1 aliphatic rings. The highest BCUT2D eigenvalue weighted by molar-refractivity contribution is 9.44. The van der Waals surface area contributed by atoms with Crippen molar-refractivity contribution in [1.29, 1.82) is 0 Å². The Balaban J connectivity index is 1.77. The minimum atomic E-state index is -1.90. The molecule has 1 saturated heterocycles. The summed E-state index contributed by atoms with van der Waals surface area (Å²) >= 11 is 4.24. The molecule has 1 aliphatic heterocycles. The van der Waals surface area contributed by atoms with Crippen molar-refractivity contribution in [2.24, 2.45) is 0 Å². The largest absolute Gasteiger partial charge is 0.352 e. The lowest BCUT2D eigenvalue weighted by atomic mass is 10.0. The van der Waals surface area contributed by atoms with Crippen LogP contribution in [0.15, 0.2) is 84.9 Å². The zero-order valence-electron chi connectivity index (χ0n) is 16.0. The molecule has 0 amide bonds. The molecule has 0 aliphatic carbocycles. The average Bonchev–Trinajstić information content (AvgIpc) is 2.80. The first-order valence-electron chi connectivity index (χ1n) is 9.73. The number of ether oxygens (including phenoxy) is 2. The first-order chi connectivity index (χ1) is 13.7. The summed E-state index contributed by atoms with van der Waals surface area (Å²) in [5.41, 5.74) is 1.25. The molecule has 3 aromatic rings. The van der Waals surface area contributed by atoms with Crippen molar-refractivity contribution in [3.05, 3.63) is 90.5 Å². The molecule has 0 radical (unpaired) electrons. The fourth-order valence-electron chi connectivity index (χ4n) is 3.67. The van der Waals surface area contributed by atoms with Gasteiger partial charge >= 0.3 is 0 Å². The van der Waals surface area contributed by atoms with Gasteiger partial charge in [-0.3, -0.25) is 0 Å². The van der Waals surface area contributed by atoms with Gasteiger partial charge < -0.3 is 9.47 Å². The minimum Gasteiger partial charge on any atom is -0.352 e. The third-order valence-corrected chi connectivity index (χ3v) is 11.9. The van der Waals surface area contributed by atoms with Gasteiger partial charge in [-0.15, -0.1) is 0 Å². The highest BCUT2D eigenvalue weighted by Gasteiger charge is 2.44. The van der Waals surface area contributed by atoms with Gasteiger partial charge in [0.25, 0.3) is 0 Å². The van der Waals surface area contributed by atoms with Gasteiger partial charge in [-0.05, 0) is 48.4 Å². The third kappa shape index (κ3) is 3.95. The SMILES string of the molecule is CC(c1cccc([P+](Br)(c2ccccc2)c2ccccc2)c1)C1OCCCO1. The first-order valence-corrected chi connectivity index (χ1v) is 13.5. The predicted octanol–water partition coefficient (Wildman–Crippen LogP) is 5.16. The molecule has 0 aromatic heterocycles. The van der Waals surface area contributed by atoms with E-state index in [9.17, 15) is 0 Å². The van der Waals surface area contributed by atoms with Crippen molar-refractivity contribution >= 4 is 37.4 Å². The van der Waals surface area contributed by atoms with Gasteiger partial charge in [-0.2, -0.15) is 0 Å². The number of rotatable bonds is 5. The van der Waals surface area contributed by atoms with Crippen molar-refractivity contribution in [2.75, 3.05) is 13.2 Å². The van der Waals surface area contributed by atoms with Crippen LogP contribution in [0.1, 0.15) is 24.8 Å². The maximum absolute atomic E-state index is 5.86. The monoisotopic (exact) mass is 455 g/mol. The number of halogens is 1. The van der Waals surface area contributed by atoms with Gasteiger partial charge in [-0.1, -0.05) is 55.5 Å². The third-order valence-electron chi connectivity index (χ3n) is 5.24. The molecular weight excluding hydrogens is 431 g/mol. The quantitative estimate of drug-likeness (QED) is 0.494. The lowest BCUT2D eigenvalue weighted by molar-refractivity contribution is -0.188. The molecular formula is C24H25BrO2P+. The summed E-state index contributed by atoms with van der Waals surface area (Å²) in [6.07, 6.45) is 0.807. The van der Waals surface area contributed by atoms with Crippen LogP contribution in [0, 0.1) is 0 Å². The van der Waals surface area contributed by atoms with E-state index in [4.69, 9.17) is 9.47 Å². The van der Waals surface area contributed by atoms with E-state index in [0.29, 0.717) is 0 Å². The molecule has 0 bridgehead atoms. The van der Waals surface area contributed by atoms with Crippen molar-refractivity contribution < 1.29 is 9.47 Å². The van der Waals surface area contributed by atoms with E-state index in [1.807, 2.05) is 0 Å². The summed E-state index contributed by atoms with van der Waals surface area (Å²) in [5.74, 6) is -1.71. The van der Waals surface area contributed by atoms with Crippen molar-refractivity contribution in [2.45, 2.75) is 25.6 Å². The lowest BCUT2D eigenvalue weighted by Gasteiger charge is -2.29. The van der Waals surface area contributed by atoms with Gasteiger partial charge in [0.1, 0.15) is 15.9 Å². The Morgan fingerprint density at radius 3 is 1.89 bits per heavy atom. The maximum Gasteiger partial charge on any atom is 0.181 e. The van der Waals surface area contributed by atoms with E-state index >= 15 is 0 Å². The molecule has 28 heavy (non-hydrogen) atoms. The Kier molecular flexibility index (Phi) is 6.28. The first kappa shape index (κ1) is 19.8. The number of benzene rings is 3. The van der Waals surface area contributed by atoms with Crippen LogP contribution in [0.2, 0.25) is 0 Å². The van der Waals surface area contributed by atoms with E-state index in [2.05, 4.69) is 107 Å². The fourth-order valence-corrected chi connectivity index (χ4v) is 8.42. The zero-order chi connectivity index (χ0) is 19.4. The molecule has 1 atom stereocenters. The van der Waals surface area contributed by atoms with Crippen LogP contribution in [-0.4, -0.2) is 19.5 Å². The lowest BCUT2D eigenvalue weighted by Crippen LogP contribution is -2.31. The van der Waals surface area contributed by atoms with Crippen LogP contribution in [0.4, 0.5) is 0 Å². The van der Waals surface area contributed by atoms with Crippen LogP contribution < -0.4 is 15.9 Å². The highest BCUT2D eigenvalue weighted by atomic mass is 79.9. The van der Waals surface area contributed by atoms with Crippen molar-refractivity contribution in [3.8, 4) is 0 Å². The van der Waals surface area contributed by atoms with Gasteiger partial charge in [-0.25, -0.2) is 0 Å². The summed E-state index contributed by atoms with van der Waals surface area (Å²) in [6.45, 7) is 3.74. The van der Waals surface area contributed by atoms with Crippen LogP contribution >= 0.6 is 21.5 Å². The second kappa shape index (κ2) is 8.88. The second-order valence-corrected chi connectivity index (χ2v) is 13.0. The van der Waals surface area contributed by atoms with E-state index < -0.39 is 5.96 Å². The molecule has 4 rings (SSSR count). The van der Waals surface area contributed by atoms with Crippen LogP contribution in [0.5, 0.6) is 0 Å². The average molecular weight is 456 g/mol. The predicted molar refractivity (Wildman–Crippen MR) is 123 cm³/mol. The zero-order valence-corrected chi connectivity index (χ0v) is 18.5. The molecule has 1 unspecified atom stereocenters. The smallest absolute Gasteiger partial charge is 0.181 e. The normalized spacial score (nSPS) is 16.6. The second-order valence-electron chi connectivity index (χ2n) is 7.11. The molecule has 0 N–H and O–H groups in total. The van der Waals surface area contributed by atoms with Gasteiger partial charge in [0, 0.05) is 5.92 Å². The number of hydrogen-bond acceptors (Lipinski definition) is 2. The molecule has 0 saturated carbocycles. The standard InChI is InChI=1S/C24H25BrO2P/c1-19(24-26-16-9-17-27-24)20-10-8-15-23(18-20)28(25,21-11-4-2-5-12-21)22-13-6-3-7-14-22/h2-8,10-15,18-19,24H,9,16-17H2,1H3/q+1. The molecule has 144 valence electrons. The summed E-state index contributed by atoms with van der Waals surface area (Å²) in [7, 11) is 0. The molecule has 2 nitrogen and oxygen atoms in total. The molecule has 1 heterocycles. The van der Waals surface area contributed by atoms with Crippen LogP contribution in [0.25, 0.3) is 0 Å². The summed E-state index contributed by atoms with van der Waals surface area (Å²) in [6, 6.07) is 30.4. The van der Waals surface area contributed by atoms with E-state index in [1.165, 1.54) is 21.5 Å². The van der Waals surface area contributed by atoms with E-state index in [0.717, 1.165) is 19.6 Å². The fraction of sp³-hybridized carbons (Fsp3) is 0.250. The van der Waals surface area contributed by atoms with Gasteiger partial charge in [0.05, 0.1) is 13.2 Å². The Bertz CT molecular complexity index is 855. The molecule has 3 aromatic carbocycles. The van der Waals surface area contributed by atoms with Crippen LogP contribution in [-0.2, 0) is 9.47 Å². The van der Waals surface area contributed by atoms with Crippen molar-refractivity contribution in [1.82, 2.24) is 0 Å². The Labute approximate surface area is 176 Å². The highest BCUT2D eigenvalue weighted by Crippen LogP contribution is 2.62. The van der Waals surface area contributed by atoms with Crippen molar-refractivity contribution in [3.63, 3.8) is 0 Å². The summed E-state index contributed by atoms with van der Waals surface area (Å²) in [5, 5.41) is 3.94. The van der Waals surface area contributed by atoms with Gasteiger partial charge in [0.2, 0.25) is 0 Å². The summed E-state index contributed by atoms with van der Waals surface area (Å²) < 4.78 is 11.7. The minimum absolute atomic E-state index is 0.166. The molecule has 1 fully saturated rings. The molecule has 4 heteroatoms. The number of hydrogen-bond donors (Lipinski definition) is 0. The van der Waals surface area contributed by atoms with Crippen LogP contribution in [0.3, 0.4) is 0 Å². The maximum atomic E-state index is 5.86. The van der Waals surface area contributed by atoms with Gasteiger partial charge in [0.15, 0.2) is 27.7 Å². The summed E-state index contributed by atoms with van der Waals surface area (Å²) in [4.78, 5) is 0. The topological polar surface area (TPSA) is 18.5 Å². The molecule has 0 spiro atoms. The Hall–Kier alpha value is -1.51. The van der Waals surface area contributed by atoms with E-state index in [-0.39, 0.29) is 12.2 Å². The Morgan fingerprint density at radius 1 is 0.786 bits per heavy atom. The Morgan fingerprint density at radius 2 is 1.32 bits per heavy atom.